The van der Waals surface area contributed by atoms with E-state index in [0.29, 0.717) is 0 Å². The second kappa shape index (κ2) is 7.58. The first kappa shape index (κ1) is 21.0. The molecular formula is C18H14F4N6O2. The molecule has 2 aromatic rings. The maximum Gasteiger partial charge on any atom is 0.425 e. The molecule has 3 rings (SSSR count). The van der Waals surface area contributed by atoms with E-state index in [1.54, 1.807) is 0 Å². The number of aromatic nitrogens is 2. The number of halogens is 4. The number of alkyl halides is 3. The first-order valence-electron chi connectivity index (χ1n) is 8.45. The van der Waals surface area contributed by atoms with Gasteiger partial charge in [-0.05, 0) is 31.2 Å². The van der Waals surface area contributed by atoms with Crippen molar-refractivity contribution in [1.29, 1.82) is 5.26 Å². The summed E-state index contributed by atoms with van der Waals surface area (Å²) in [6.07, 6.45) is -6.60. The van der Waals surface area contributed by atoms with Crippen LogP contribution in [0.2, 0.25) is 0 Å². The van der Waals surface area contributed by atoms with Gasteiger partial charge in [0.2, 0.25) is 0 Å². The predicted molar refractivity (Wildman–Crippen MR) is 95.6 cm³/mol. The van der Waals surface area contributed by atoms with E-state index in [0.717, 1.165) is 12.1 Å². The van der Waals surface area contributed by atoms with Crippen molar-refractivity contribution in [3.63, 3.8) is 0 Å². The number of nitrogens with zero attached hydrogens (tertiary/aromatic N) is 4. The van der Waals surface area contributed by atoms with Gasteiger partial charge in [-0.2, -0.15) is 18.4 Å². The van der Waals surface area contributed by atoms with Gasteiger partial charge < -0.3 is 15.8 Å². The molecule has 2 atom stereocenters. The van der Waals surface area contributed by atoms with Crippen LogP contribution in [0.15, 0.2) is 35.5 Å². The van der Waals surface area contributed by atoms with Crippen molar-refractivity contribution in [1.82, 2.24) is 9.97 Å². The Labute approximate surface area is 167 Å². The summed E-state index contributed by atoms with van der Waals surface area (Å²) in [4.78, 5) is 23.9. The number of rotatable bonds is 3. The number of hydrogen-bond acceptors (Lipinski definition) is 7. The van der Waals surface area contributed by atoms with Crippen molar-refractivity contribution in [2.24, 2.45) is 10.7 Å². The molecule has 1 aliphatic rings. The molecule has 0 saturated carbocycles. The molecule has 0 radical (unpaired) electrons. The van der Waals surface area contributed by atoms with Gasteiger partial charge in [-0.15, -0.1) is 0 Å². The highest BCUT2D eigenvalue weighted by Crippen LogP contribution is 2.40. The van der Waals surface area contributed by atoms with E-state index in [1.165, 1.54) is 25.3 Å². The summed E-state index contributed by atoms with van der Waals surface area (Å²) in [7, 11) is 0. The Bertz CT molecular complexity index is 1050. The van der Waals surface area contributed by atoms with Gasteiger partial charge in [0.05, 0.1) is 5.56 Å². The van der Waals surface area contributed by atoms with Crippen molar-refractivity contribution < 1.29 is 27.1 Å². The Morgan fingerprint density at radius 1 is 1.37 bits per heavy atom. The fraction of sp³-hybridized carbons (Fsp3) is 0.278. The standard InChI is InChI=1S/C18H14F4N6O2/c1-17(6-12(18(20,21)22)30-16(24)28-17)14-10(19)3-5-13(26-14)27-15(29)11-4-2-9(7-23)8-25-11/h2-5,8,12H,6H2,1H3,(H2,24,28)(H,26,27,29). The van der Waals surface area contributed by atoms with Crippen LogP contribution in [0.3, 0.4) is 0 Å². The van der Waals surface area contributed by atoms with Gasteiger partial charge in [0.15, 0.2) is 6.10 Å². The third-order valence-corrected chi connectivity index (χ3v) is 4.29. The lowest BCUT2D eigenvalue weighted by Crippen LogP contribution is -2.46. The Balaban J connectivity index is 1.90. The zero-order chi connectivity index (χ0) is 22.1. The first-order valence-corrected chi connectivity index (χ1v) is 8.45. The average molecular weight is 422 g/mol. The SMILES string of the molecule is CC1(c2nc(NC(=O)c3ccc(C#N)cn3)ccc2F)CC(C(F)(F)F)OC(N)=N1. The fourth-order valence-corrected chi connectivity index (χ4v) is 2.86. The topological polar surface area (TPSA) is 126 Å². The van der Waals surface area contributed by atoms with Gasteiger partial charge in [0, 0.05) is 12.6 Å². The first-order chi connectivity index (χ1) is 14.0. The largest absolute Gasteiger partial charge is 0.452 e. The Morgan fingerprint density at radius 3 is 2.70 bits per heavy atom. The molecule has 0 bridgehead atoms. The number of ether oxygens (including phenoxy) is 1. The summed E-state index contributed by atoms with van der Waals surface area (Å²) in [5.74, 6) is -1.77. The Hall–Kier alpha value is -3.75. The van der Waals surface area contributed by atoms with Crippen LogP contribution in [0.1, 0.15) is 35.1 Å². The molecule has 30 heavy (non-hydrogen) atoms. The molecule has 2 unspecified atom stereocenters. The minimum atomic E-state index is -4.74. The van der Waals surface area contributed by atoms with Crippen molar-refractivity contribution in [3.8, 4) is 6.07 Å². The highest BCUT2D eigenvalue weighted by atomic mass is 19.4. The van der Waals surface area contributed by atoms with Gasteiger partial charge in [-0.25, -0.2) is 19.4 Å². The third-order valence-electron chi connectivity index (χ3n) is 4.29. The van der Waals surface area contributed by atoms with Gasteiger partial charge in [0.1, 0.15) is 34.6 Å². The van der Waals surface area contributed by atoms with Crippen LogP contribution in [0.4, 0.5) is 23.4 Å². The number of nitrogens with one attached hydrogen (secondary N) is 1. The summed E-state index contributed by atoms with van der Waals surface area (Å²) >= 11 is 0. The van der Waals surface area contributed by atoms with Gasteiger partial charge in [-0.3, -0.25) is 4.79 Å². The molecule has 0 fully saturated rings. The van der Waals surface area contributed by atoms with E-state index in [-0.39, 0.29) is 17.1 Å². The van der Waals surface area contributed by atoms with Crippen LogP contribution in [0, 0.1) is 17.1 Å². The summed E-state index contributed by atoms with van der Waals surface area (Å²) in [6, 6.07) is 5.87. The molecule has 0 spiro atoms. The maximum atomic E-state index is 14.4. The highest BCUT2D eigenvalue weighted by Gasteiger charge is 2.50. The third kappa shape index (κ3) is 4.29. The summed E-state index contributed by atoms with van der Waals surface area (Å²) in [6.45, 7) is 1.24. The molecule has 3 heterocycles. The number of anilines is 1. The number of aliphatic imine (C=N–C) groups is 1. The van der Waals surface area contributed by atoms with E-state index in [4.69, 9.17) is 11.0 Å². The highest BCUT2D eigenvalue weighted by molar-refractivity contribution is 6.02. The van der Waals surface area contributed by atoms with Crippen molar-refractivity contribution in [2.45, 2.75) is 31.2 Å². The number of nitrogens with two attached hydrogens (primary N) is 1. The van der Waals surface area contributed by atoms with Crippen molar-refractivity contribution in [2.75, 3.05) is 5.32 Å². The molecule has 0 aliphatic carbocycles. The van der Waals surface area contributed by atoms with E-state index < -0.39 is 47.7 Å². The number of amidine groups is 1. The molecule has 3 N–H and O–H groups in total. The quantitative estimate of drug-likeness (QED) is 0.733. The minimum absolute atomic E-state index is 0.0432. The monoisotopic (exact) mass is 422 g/mol. The summed E-state index contributed by atoms with van der Waals surface area (Å²) in [5.41, 5.74) is 3.37. The molecule has 8 nitrogen and oxygen atoms in total. The van der Waals surface area contributed by atoms with Crippen molar-refractivity contribution in [3.05, 3.63) is 53.2 Å². The van der Waals surface area contributed by atoms with E-state index in [9.17, 15) is 22.4 Å². The zero-order valence-electron chi connectivity index (χ0n) is 15.4. The molecule has 2 aromatic heterocycles. The lowest BCUT2D eigenvalue weighted by atomic mass is 9.89. The van der Waals surface area contributed by atoms with E-state index >= 15 is 0 Å². The van der Waals surface area contributed by atoms with Gasteiger partial charge in [-0.1, -0.05) is 0 Å². The molecule has 0 saturated heterocycles. The van der Waals surface area contributed by atoms with Gasteiger partial charge in [0.25, 0.3) is 11.9 Å². The second-order valence-electron chi connectivity index (χ2n) is 6.60. The second-order valence-corrected chi connectivity index (χ2v) is 6.60. The minimum Gasteiger partial charge on any atom is -0.452 e. The molecule has 1 amide bonds. The summed E-state index contributed by atoms with van der Waals surface area (Å²) < 4.78 is 58.4. The van der Waals surface area contributed by atoms with Crippen LogP contribution in [0.25, 0.3) is 0 Å². The number of hydrogen-bond donors (Lipinski definition) is 2. The lowest BCUT2D eigenvalue weighted by molar-refractivity contribution is -0.208. The Kier molecular flexibility index (Phi) is 5.30. The molecule has 156 valence electrons. The van der Waals surface area contributed by atoms with Crippen LogP contribution < -0.4 is 11.1 Å². The predicted octanol–water partition coefficient (Wildman–Crippen LogP) is 2.62. The smallest absolute Gasteiger partial charge is 0.425 e. The fourth-order valence-electron chi connectivity index (χ4n) is 2.86. The number of nitriles is 1. The van der Waals surface area contributed by atoms with Crippen LogP contribution in [-0.4, -0.2) is 34.2 Å². The van der Waals surface area contributed by atoms with E-state index in [2.05, 4.69) is 25.0 Å². The van der Waals surface area contributed by atoms with Crippen LogP contribution in [-0.2, 0) is 10.3 Å². The molecule has 1 aliphatic heterocycles. The number of amides is 1. The summed E-state index contributed by atoms with van der Waals surface area (Å²) in [5, 5.41) is 11.1. The van der Waals surface area contributed by atoms with Gasteiger partial charge >= 0.3 is 6.18 Å². The normalized spacial score (nSPS) is 21.2. The maximum absolute atomic E-state index is 14.4. The van der Waals surface area contributed by atoms with Crippen LogP contribution in [0.5, 0.6) is 0 Å². The number of pyridine rings is 2. The molecular weight excluding hydrogens is 408 g/mol. The molecule has 0 aromatic carbocycles. The van der Waals surface area contributed by atoms with E-state index in [1.807, 2.05) is 6.07 Å². The average Bonchev–Trinajstić information content (AvgIpc) is 2.68. The number of carbonyl (C=O) groups excluding carboxylic acids is 1. The Morgan fingerprint density at radius 2 is 2.10 bits per heavy atom. The number of carbonyl (C=O) groups is 1. The molecule has 12 heteroatoms. The van der Waals surface area contributed by atoms with Crippen LogP contribution >= 0.6 is 0 Å². The van der Waals surface area contributed by atoms with Crippen molar-refractivity contribution >= 4 is 17.7 Å². The lowest BCUT2D eigenvalue weighted by Gasteiger charge is -2.35. The zero-order valence-corrected chi connectivity index (χ0v) is 15.4.